The number of nitrogens with zero attached hydrogens (tertiary/aromatic N) is 2. The van der Waals surface area contributed by atoms with Gasteiger partial charge in [-0.2, -0.15) is 0 Å². The van der Waals surface area contributed by atoms with E-state index in [0.29, 0.717) is 18.3 Å². The highest BCUT2D eigenvalue weighted by Gasteiger charge is 2.14. The molecular formula is C15H18FN3O2. The summed E-state index contributed by atoms with van der Waals surface area (Å²) in [6, 6.07) is 6.46. The zero-order valence-corrected chi connectivity index (χ0v) is 12.3. The summed E-state index contributed by atoms with van der Waals surface area (Å²) >= 11 is 0. The highest BCUT2D eigenvalue weighted by molar-refractivity contribution is 5.34. The fourth-order valence-corrected chi connectivity index (χ4v) is 2.03. The smallest absolute Gasteiger partial charge is 0.224 e. The molecule has 1 aromatic heterocycles. The van der Waals surface area contributed by atoms with Crippen LogP contribution in [-0.2, 0) is 6.54 Å². The van der Waals surface area contributed by atoms with Crippen molar-refractivity contribution in [2.75, 3.05) is 14.2 Å². The van der Waals surface area contributed by atoms with Crippen LogP contribution in [0.25, 0.3) is 0 Å². The molecule has 0 saturated carbocycles. The van der Waals surface area contributed by atoms with E-state index in [4.69, 9.17) is 9.47 Å². The molecule has 5 nitrogen and oxygen atoms in total. The summed E-state index contributed by atoms with van der Waals surface area (Å²) < 4.78 is 23.7. The molecule has 2 rings (SSSR count). The van der Waals surface area contributed by atoms with Gasteiger partial charge in [0.05, 0.1) is 19.8 Å². The Morgan fingerprint density at radius 3 is 2.43 bits per heavy atom. The van der Waals surface area contributed by atoms with Crippen LogP contribution in [0.4, 0.5) is 4.39 Å². The van der Waals surface area contributed by atoms with Gasteiger partial charge in [-0.25, -0.2) is 14.4 Å². The fraction of sp³-hybridized carbons (Fsp3) is 0.333. The highest BCUT2D eigenvalue weighted by atomic mass is 19.1. The molecule has 0 saturated heterocycles. The molecule has 0 bridgehead atoms. The van der Waals surface area contributed by atoms with E-state index < -0.39 is 0 Å². The second-order valence-corrected chi connectivity index (χ2v) is 4.53. The van der Waals surface area contributed by atoms with Crippen LogP contribution in [0.15, 0.2) is 30.6 Å². The Morgan fingerprint density at radius 1 is 1.19 bits per heavy atom. The van der Waals surface area contributed by atoms with E-state index in [0.717, 1.165) is 11.1 Å². The van der Waals surface area contributed by atoms with Crippen molar-refractivity contribution in [3.63, 3.8) is 0 Å². The first kappa shape index (κ1) is 15.2. The van der Waals surface area contributed by atoms with Crippen LogP contribution >= 0.6 is 0 Å². The quantitative estimate of drug-likeness (QED) is 0.886. The second-order valence-electron chi connectivity index (χ2n) is 4.53. The Morgan fingerprint density at radius 2 is 1.86 bits per heavy atom. The van der Waals surface area contributed by atoms with Crippen LogP contribution in [0, 0.1) is 5.82 Å². The predicted octanol–water partition coefficient (Wildman–Crippen LogP) is 2.48. The third-order valence-corrected chi connectivity index (χ3v) is 3.19. The number of benzene rings is 1. The Bertz CT molecular complexity index is 585. The van der Waals surface area contributed by atoms with Gasteiger partial charge in [-0.15, -0.1) is 0 Å². The molecule has 0 aliphatic heterocycles. The van der Waals surface area contributed by atoms with Gasteiger partial charge in [0, 0.05) is 12.6 Å². The normalized spacial score (nSPS) is 12.0. The molecule has 1 aromatic carbocycles. The minimum atomic E-state index is -0.251. The molecule has 112 valence electrons. The molecule has 6 heteroatoms. The lowest BCUT2D eigenvalue weighted by atomic mass is 10.1. The molecule has 0 spiro atoms. The zero-order valence-electron chi connectivity index (χ0n) is 12.3. The van der Waals surface area contributed by atoms with Crippen LogP contribution < -0.4 is 14.8 Å². The first-order chi connectivity index (χ1) is 10.2. The molecule has 0 fully saturated rings. The van der Waals surface area contributed by atoms with Crippen molar-refractivity contribution in [3.8, 4) is 11.8 Å². The van der Waals surface area contributed by atoms with Crippen LogP contribution in [0.1, 0.15) is 24.1 Å². The van der Waals surface area contributed by atoms with E-state index >= 15 is 0 Å². The number of nitrogens with one attached hydrogen (secondary N) is 1. The summed E-state index contributed by atoms with van der Waals surface area (Å²) in [5.74, 6) is 0.668. The predicted molar refractivity (Wildman–Crippen MR) is 76.8 cm³/mol. The Balaban J connectivity index is 2.12. The number of hydrogen-bond donors (Lipinski definition) is 1. The van der Waals surface area contributed by atoms with E-state index in [2.05, 4.69) is 15.3 Å². The summed E-state index contributed by atoms with van der Waals surface area (Å²) in [5.41, 5.74) is 1.59. The monoisotopic (exact) mass is 291 g/mol. The van der Waals surface area contributed by atoms with E-state index in [9.17, 15) is 4.39 Å². The van der Waals surface area contributed by atoms with E-state index in [1.54, 1.807) is 20.3 Å². The van der Waals surface area contributed by atoms with Crippen LogP contribution in [0.3, 0.4) is 0 Å². The van der Waals surface area contributed by atoms with Crippen LogP contribution in [-0.4, -0.2) is 24.2 Å². The average molecular weight is 291 g/mol. The molecule has 0 aliphatic rings. The van der Waals surface area contributed by atoms with Crippen LogP contribution in [0.2, 0.25) is 0 Å². The second kappa shape index (κ2) is 6.99. The van der Waals surface area contributed by atoms with Crippen molar-refractivity contribution in [3.05, 3.63) is 47.5 Å². The summed E-state index contributed by atoms with van der Waals surface area (Å²) in [5, 5.41) is 3.29. The van der Waals surface area contributed by atoms with Crippen molar-refractivity contribution in [1.82, 2.24) is 15.3 Å². The minimum Gasteiger partial charge on any atom is -0.481 e. The standard InChI is InChI=1S/C15H18FN3O2/c1-10(11-5-4-6-12(16)7-11)17-8-13-14(20-2)18-9-19-15(13)21-3/h4-7,9-10,17H,8H2,1-3H3/t10-/m1/s1. The third kappa shape index (κ3) is 3.66. The lowest BCUT2D eigenvalue weighted by Gasteiger charge is -2.16. The van der Waals surface area contributed by atoms with Gasteiger partial charge in [-0.1, -0.05) is 12.1 Å². The first-order valence-corrected chi connectivity index (χ1v) is 6.56. The maximum atomic E-state index is 13.2. The number of hydrogen-bond acceptors (Lipinski definition) is 5. The van der Waals surface area contributed by atoms with Gasteiger partial charge in [0.2, 0.25) is 11.8 Å². The molecule has 2 aromatic rings. The Kier molecular flexibility index (Phi) is 5.05. The highest BCUT2D eigenvalue weighted by Crippen LogP contribution is 2.24. The van der Waals surface area contributed by atoms with Gasteiger partial charge in [-0.05, 0) is 24.6 Å². The average Bonchev–Trinajstić information content (AvgIpc) is 2.52. The number of halogens is 1. The van der Waals surface area contributed by atoms with E-state index in [1.165, 1.54) is 18.5 Å². The SMILES string of the molecule is COc1ncnc(OC)c1CN[C@H](C)c1cccc(F)c1. The maximum Gasteiger partial charge on any atom is 0.224 e. The summed E-state index contributed by atoms with van der Waals surface area (Å²) in [6.07, 6.45) is 1.39. The molecule has 1 N–H and O–H groups in total. The van der Waals surface area contributed by atoms with Crippen molar-refractivity contribution in [2.45, 2.75) is 19.5 Å². The van der Waals surface area contributed by atoms with Crippen molar-refractivity contribution in [2.24, 2.45) is 0 Å². The molecule has 0 aliphatic carbocycles. The van der Waals surface area contributed by atoms with Crippen LogP contribution in [0.5, 0.6) is 11.8 Å². The molecule has 1 heterocycles. The number of ether oxygens (including phenoxy) is 2. The molecule has 21 heavy (non-hydrogen) atoms. The number of methoxy groups -OCH3 is 2. The van der Waals surface area contributed by atoms with Crippen molar-refractivity contribution in [1.29, 1.82) is 0 Å². The van der Waals surface area contributed by atoms with Gasteiger partial charge in [0.25, 0.3) is 0 Å². The fourth-order valence-electron chi connectivity index (χ4n) is 2.03. The molecule has 0 radical (unpaired) electrons. The number of aromatic nitrogens is 2. The lowest BCUT2D eigenvalue weighted by molar-refractivity contribution is 0.357. The Hall–Kier alpha value is -2.21. The minimum absolute atomic E-state index is 0.0321. The zero-order chi connectivity index (χ0) is 15.2. The van der Waals surface area contributed by atoms with Gasteiger partial charge < -0.3 is 14.8 Å². The van der Waals surface area contributed by atoms with Crippen molar-refractivity contribution >= 4 is 0 Å². The Labute approximate surface area is 123 Å². The summed E-state index contributed by atoms with van der Waals surface area (Å²) in [6.45, 7) is 2.41. The van der Waals surface area contributed by atoms with E-state index in [-0.39, 0.29) is 11.9 Å². The van der Waals surface area contributed by atoms with E-state index in [1.807, 2.05) is 13.0 Å². The summed E-state index contributed by atoms with van der Waals surface area (Å²) in [4.78, 5) is 8.11. The summed E-state index contributed by atoms with van der Waals surface area (Å²) in [7, 11) is 3.09. The topological polar surface area (TPSA) is 56.3 Å². The molecule has 1 atom stereocenters. The maximum absolute atomic E-state index is 13.2. The van der Waals surface area contributed by atoms with Gasteiger partial charge in [-0.3, -0.25) is 0 Å². The van der Waals surface area contributed by atoms with Gasteiger partial charge >= 0.3 is 0 Å². The van der Waals surface area contributed by atoms with Crippen molar-refractivity contribution < 1.29 is 13.9 Å². The molecular weight excluding hydrogens is 273 g/mol. The molecule has 0 amide bonds. The first-order valence-electron chi connectivity index (χ1n) is 6.56. The number of rotatable bonds is 6. The lowest BCUT2D eigenvalue weighted by Crippen LogP contribution is -2.19. The van der Waals surface area contributed by atoms with Gasteiger partial charge in [0.15, 0.2) is 0 Å². The largest absolute Gasteiger partial charge is 0.481 e. The van der Waals surface area contributed by atoms with Gasteiger partial charge in [0.1, 0.15) is 12.1 Å². The third-order valence-electron chi connectivity index (χ3n) is 3.19. The molecule has 0 unspecified atom stereocenters.